The van der Waals surface area contributed by atoms with Crippen LogP contribution in [0.4, 0.5) is 0 Å². The number of nitriles is 1. The van der Waals surface area contributed by atoms with Crippen LogP contribution in [0.3, 0.4) is 0 Å². The molecule has 1 aromatic heterocycles. The maximum atomic E-state index is 7.64. The van der Waals surface area contributed by atoms with Gasteiger partial charge in [0.05, 0.1) is 5.51 Å². The van der Waals surface area contributed by atoms with Crippen molar-refractivity contribution in [3.63, 3.8) is 0 Å². The average molecular weight is 169 g/mol. The topological polar surface area (TPSA) is 101 Å². The van der Waals surface area contributed by atoms with Crippen LogP contribution in [0.1, 0.15) is 0 Å². The average Bonchev–Trinajstić information content (AvgIpc) is 2.41. The van der Waals surface area contributed by atoms with Gasteiger partial charge in [0.15, 0.2) is 0 Å². The second-order valence-electron chi connectivity index (χ2n) is 1.31. The number of nitrogens with two attached hydrogens (primary N) is 2. The van der Waals surface area contributed by atoms with E-state index >= 15 is 0 Å². The van der Waals surface area contributed by atoms with E-state index in [1.807, 2.05) is 5.38 Å². The summed E-state index contributed by atoms with van der Waals surface area (Å²) >= 11 is 1.60. The monoisotopic (exact) mass is 169 g/mol. The van der Waals surface area contributed by atoms with Crippen LogP contribution in [0.15, 0.2) is 22.1 Å². The van der Waals surface area contributed by atoms with E-state index in [0.29, 0.717) is 0 Å². The van der Waals surface area contributed by atoms with Gasteiger partial charge in [-0.15, -0.1) is 16.3 Å². The van der Waals surface area contributed by atoms with Crippen LogP contribution >= 0.6 is 11.3 Å². The Balaban J connectivity index is 0.000000183. The minimum Gasteiger partial charge on any atom is -0.369 e. The molecule has 4 N–H and O–H groups in total. The first-order valence-electron chi connectivity index (χ1n) is 2.57. The van der Waals surface area contributed by atoms with E-state index in [2.05, 4.69) is 9.98 Å². The number of rotatable bonds is 0. The fraction of sp³-hybridized carbons (Fsp3) is 0. The molecule has 11 heavy (non-hydrogen) atoms. The zero-order valence-corrected chi connectivity index (χ0v) is 6.45. The Morgan fingerprint density at radius 3 is 2.45 bits per heavy atom. The molecular formula is C5H7N5S. The summed E-state index contributed by atoms with van der Waals surface area (Å²) in [5.74, 6) is -0.197. The molecule has 0 amide bonds. The smallest absolute Gasteiger partial charge is 0.209 e. The van der Waals surface area contributed by atoms with Gasteiger partial charge in [-0.05, 0) is 0 Å². The Kier molecular flexibility index (Phi) is 5.56. The standard InChI is InChI=1S/C3H3NS.C2H4N4/c1-2-5-3-4-1;3-1-6-2(4)5/h1-3H;(H4,4,5,6). The number of hydrogen-bond donors (Lipinski definition) is 2. The first kappa shape index (κ1) is 9.39. The lowest BCUT2D eigenvalue weighted by molar-refractivity contribution is 1.39. The molecular weight excluding hydrogens is 162 g/mol. The van der Waals surface area contributed by atoms with Gasteiger partial charge in [0, 0.05) is 11.6 Å². The van der Waals surface area contributed by atoms with Crippen LogP contribution in [0.25, 0.3) is 0 Å². The third kappa shape index (κ3) is 8.39. The van der Waals surface area contributed by atoms with Gasteiger partial charge in [0.1, 0.15) is 0 Å². The molecule has 1 aromatic rings. The van der Waals surface area contributed by atoms with Crippen molar-refractivity contribution in [2.24, 2.45) is 16.5 Å². The van der Waals surface area contributed by atoms with E-state index in [-0.39, 0.29) is 5.96 Å². The van der Waals surface area contributed by atoms with Gasteiger partial charge < -0.3 is 11.5 Å². The van der Waals surface area contributed by atoms with Crippen molar-refractivity contribution in [1.29, 1.82) is 5.26 Å². The highest BCUT2D eigenvalue weighted by atomic mass is 32.1. The van der Waals surface area contributed by atoms with Crippen molar-refractivity contribution in [2.45, 2.75) is 0 Å². The Labute approximate surface area is 68.0 Å². The van der Waals surface area contributed by atoms with Crippen molar-refractivity contribution in [1.82, 2.24) is 4.98 Å². The molecule has 1 rings (SSSR count). The number of guanidine groups is 1. The summed E-state index contributed by atoms with van der Waals surface area (Å²) in [4.78, 5) is 6.64. The van der Waals surface area contributed by atoms with E-state index in [4.69, 9.17) is 16.7 Å². The number of thiazole rings is 1. The number of hydrogen-bond acceptors (Lipinski definition) is 4. The second-order valence-corrected chi connectivity index (χ2v) is 2.07. The van der Waals surface area contributed by atoms with Gasteiger partial charge in [-0.25, -0.2) is 0 Å². The predicted octanol–water partition coefficient (Wildman–Crippen LogP) is -0.116. The molecule has 0 aromatic carbocycles. The second kappa shape index (κ2) is 6.51. The minimum atomic E-state index is -0.197. The SMILES string of the molecule is N#CN=C(N)N.c1cscn1. The number of aliphatic imine (C=N–C) groups is 1. The third-order valence-electron chi connectivity index (χ3n) is 0.526. The number of nitrogens with zero attached hydrogens (tertiary/aromatic N) is 3. The lowest BCUT2D eigenvalue weighted by Gasteiger charge is -1.74. The van der Waals surface area contributed by atoms with Crippen LogP contribution in [-0.4, -0.2) is 10.9 Å². The van der Waals surface area contributed by atoms with E-state index in [1.54, 1.807) is 23.0 Å². The van der Waals surface area contributed by atoms with Crippen LogP contribution in [0, 0.1) is 11.5 Å². The van der Waals surface area contributed by atoms with E-state index in [9.17, 15) is 0 Å². The first-order chi connectivity index (χ1) is 5.27. The van der Waals surface area contributed by atoms with Crippen molar-refractivity contribution in [2.75, 3.05) is 0 Å². The quantitative estimate of drug-likeness (QED) is 0.321. The Morgan fingerprint density at radius 1 is 1.64 bits per heavy atom. The van der Waals surface area contributed by atoms with Crippen LogP contribution in [0.5, 0.6) is 0 Å². The van der Waals surface area contributed by atoms with Crippen LogP contribution < -0.4 is 11.5 Å². The van der Waals surface area contributed by atoms with Crippen LogP contribution in [-0.2, 0) is 0 Å². The molecule has 0 saturated heterocycles. The fourth-order valence-corrected chi connectivity index (χ4v) is 0.585. The molecule has 58 valence electrons. The zero-order chi connectivity index (χ0) is 8.53. The molecule has 5 nitrogen and oxygen atoms in total. The highest BCUT2D eigenvalue weighted by molar-refractivity contribution is 7.07. The first-order valence-corrected chi connectivity index (χ1v) is 3.51. The molecule has 0 aliphatic rings. The van der Waals surface area contributed by atoms with E-state index < -0.39 is 0 Å². The molecule has 0 atom stereocenters. The van der Waals surface area contributed by atoms with Crippen molar-refractivity contribution >= 4 is 17.3 Å². The molecule has 0 aliphatic heterocycles. The molecule has 6 heteroatoms. The summed E-state index contributed by atoms with van der Waals surface area (Å²) in [7, 11) is 0. The van der Waals surface area contributed by atoms with Gasteiger partial charge in [-0.1, -0.05) is 0 Å². The molecule has 0 fully saturated rings. The summed E-state index contributed by atoms with van der Waals surface area (Å²) in [6, 6.07) is 0. The molecule has 0 unspecified atom stereocenters. The summed E-state index contributed by atoms with van der Waals surface area (Å²) in [5, 5.41) is 9.57. The van der Waals surface area contributed by atoms with Gasteiger partial charge >= 0.3 is 0 Å². The molecule has 0 aliphatic carbocycles. The highest BCUT2D eigenvalue weighted by Crippen LogP contribution is 1.85. The van der Waals surface area contributed by atoms with Gasteiger partial charge in [0.2, 0.25) is 12.2 Å². The molecule has 0 bridgehead atoms. The van der Waals surface area contributed by atoms with Gasteiger partial charge in [-0.2, -0.15) is 5.26 Å². The number of aromatic nitrogens is 1. The molecule has 0 spiro atoms. The summed E-state index contributed by atoms with van der Waals surface area (Å²) in [6.45, 7) is 0. The molecule has 1 heterocycles. The molecule has 0 saturated carbocycles. The lowest BCUT2D eigenvalue weighted by Crippen LogP contribution is -2.21. The maximum Gasteiger partial charge on any atom is 0.209 e. The van der Waals surface area contributed by atoms with Crippen molar-refractivity contribution in [3.05, 3.63) is 17.1 Å². The Bertz CT molecular complexity index is 213. The largest absolute Gasteiger partial charge is 0.369 e. The minimum absolute atomic E-state index is 0.197. The summed E-state index contributed by atoms with van der Waals surface area (Å²) in [5.41, 5.74) is 11.2. The van der Waals surface area contributed by atoms with Crippen molar-refractivity contribution < 1.29 is 0 Å². The molecule has 0 radical (unpaired) electrons. The highest BCUT2D eigenvalue weighted by Gasteiger charge is 1.67. The summed E-state index contributed by atoms with van der Waals surface area (Å²) in [6.07, 6.45) is 3.17. The lowest BCUT2D eigenvalue weighted by atomic mass is 11.0. The Morgan fingerprint density at radius 2 is 2.36 bits per heavy atom. The maximum absolute atomic E-state index is 7.64. The Hall–Kier alpha value is -1.61. The van der Waals surface area contributed by atoms with Crippen LogP contribution in [0.2, 0.25) is 0 Å². The predicted molar refractivity (Wildman–Crippen MR) is 43.5 cm³/mol. The van der Waals surface area contributed by atoms with Gasteiger partial charge in [0.25, 0.3) is 0 Å². The summed E-state index contributed by atoms with van der Waals surface area (Å²) < 4.78 is 0. The van der Waals surface area contributed by atoms with E-state index in [1.165, 1.54) is 6.19 Å². The zero-order valence-electron chi connectivity index (χ0n) is 5.64. The van der Waals surface area contributed by atoms with E-state index in [0.717, 1.165) is 0 Å². The van der Waals surface area contributed by atoms with Crippen molar-refractivity contribution in [3.8, 4) is 6.19 Å². The normalized spacial score (nSPS) is 6.82. The van der Waals surface area contributed by atoms with Gasteiger partial charge in [-0.3, -0.25) is 4.98 Å². The fourth-order valence-electron chi connectivity index (χ4n) is 0.233. The third-order valence-corrected chi connectivity index (χ3v) is 1.05.